The summed E-state index contributed by atoms with van der Waals surface area (Å²) >= 11 is 0. The van der Waals surface area contributed by atoms with Crippen LogP contribution >= 0.6 is 0 Å². The van der Waals surface area contributed by atoms with Gasteiger partial charge in [-0.15, -0.1) is 0 Å². The molecule has 7 heteroatoms. The van der Waals surface area contributed by atoms with Crippen molar-refractivity contribution in [2.45, 2.75) is 13.5 Å². The van der Waals surface area contributed by atoms with Crippen LogP contribution in [0.15, 0.2) is 54.6 Å². The zero-order valence-corrected chi connectivity index (χ0v) is 15.6. The molecular weight excluding hydrogens is 358 g/mol. The molecule has 0 saturated carbocycles. The van der Waals surface area contributed by atoms with Gasteiger partial charge < -0.3 is 20.9 Å². The van der Waals surface area contributed by atoms with E-state index >= 15 is 0 Å². The highest BCUT2D eigenvalue weighted by Crippen LogP contribution is 2.34. The monoisotopic (exact) mass is 379 g/mol. The first-order valence-corrected chi connectivity index (χ1v) is 8.60. The maximum Gasteiger partial charge on any atom is 0.269 e. The molecule has 4 N–H and O–H groups in total. The van der Waals surface area contributed by atoms with Crippen molar-refractivity contribution in [1.82, 2.24) is 4.57 Å². The molecule has 2 amide bonds. The number of nitrogens with two attached hydrogens (primary N) is 2. The number of methoxy groups -OCH3 is 1. The lowest BCUT2D eigenvalue weighted by Gasteiger charge is -2.12. The van der Waals surface area contributed by atoms with Crippen LogP contribution in [0.5, 0.6) is 11.5 Å². The molecule has 2 aromatic carbocycles. The minimum absolute atomic E-state index is 0.0624. The van der Waals surface area contributed by atoms with E-state index in [0.29, 0.717) is 17.0 Å². The first-order chi connectivity index (χ1) is 13.4. The largest absolute Gasteiger partial charge is 0.497 e. The van der Waals surface area contributed by atoms with Crippen molar-refractivity contribution in [3.05, 3.63) is 77.1 Å². The third-order valence-electron chi connectivity index (χ3n) is 4.38. The molecule has 0 aliphatic carbocycles. The van der Waals surface area contributed by atoms with Gasteiger partial charge in [0.05, 0.1) is 7.11 Å². The van der Waals surface area contributed by atoms with Crippen LogP contribution in [-0.2, 0) is 6.61 Å². The molecule has 1 heterocycles. The second-order valence-electron chi connectivity index (χ2n) is 6.19. The van der Waals surface area contributed by atoms with Gasteiger partial charge in [0.2, 0.25) is 0 Å². The number of carbonyl (C=O) groups is 2. The standard InChI is InChI=1S/C21H21N3O4/c1-13-17(20(22)25)24(15-8-10-16(27-2)11-9-15)18(21(23)26)19(13)28-12-14-6-4-3-5-7-14/h3-11H,12H2,1-2H3,(H2,22,25)(H2,23,26). The summed E-state index contributed by atoms with van der Waals surface area (Å²) in [6.07, 6.45) is 0. The van der Waals surface area contributed by atoms with Crippen LogP contribution in [0.4, 0.5) is 0 Å². The molecule has 144 valence electrons. The Hall–Kier alpha value is -3.74. The van der Waals surface area contributed by atoms with Crippen LogP contribution < -0.4 is 20.9 Å². The minimum Gasteiger partial charge on any atom is -0.497 e. The highest BCUT2D eigenvalue weighted by molar-refractivity contribution is 6.02. The van der Waals surface area contributed by atoms with E-state index in [0.717, 1.165) is 5.56 Å². The number of carbonyl (C=O) groups excluding carboxylic acids is 2. The van der Waals surface area contributed by atoms with Crippen molar-refractivity contribution in [2.75, 3.05) is 7.11 Å². The number of ether oxygens (including phenoxy) is 2. The van der Waals surface area contributed by atoms with E-state index in [4.69, 9.17) is 20.9 Å². The van der Waals surface area contributed by atoms with Gasteiger partial charge >= 0.3 is 0 Å². The molecule has 0 aliphatic heterocycles. The third-order valence-corrected chi connectivity index (χ3v) is 4.38. The lowest BCUT2D eigenvalue weighted by molar-refractivity contribution is 0.0988. The Morgan fingerprint density at radius 3 is 2.07 bits per heavy atom. The number of benzene rings is 2. The van der Waals surface area contributed by atoms with E-state index in [1.54, 1.807) is 38.3 Å². The fraction of sp³-hybridized carbons (Fsp3) is 0.143. The van der Waals surface area contributed by atoms with Crippen LogP contribution in [0, 0.1) is 6.92 Å². The molecule has 0 spiro atoms. The first kappa shape index (κ1) is 19.0. The lowest BCUT2D eigenvalue weighted by atomic mass is 10.2. The van der Waals surface area contributed by atoms with Crippen LogP contribution in [0.2, 0.25) is 0 Å². The van der Waals surface area contributed by atoms with Crippen LogP contribution in [0.25, 0.3) is 5.69 Å². The molecule has 28 heavy (non-hydrogen) atoms. The lowest BCUT2D eigenvalue weighted by Crippen LogP contribution is -2.22. The van der Waals surface area contributed by atoms with Crippen molar-refractivity contribution in [3.8, 4) is 17.2 Å². The minimum atomic E-state index is -0.727. The summed E-state index contributed by atoms with van der Waals surface area (Å²) in [7, 11) is 1.55. The van der Waals surface area contributed by atoms with Crippen LogP contribution in [0.3, 0.4) is 0 Å². The summed E-state index contributed by atoms with van der Waals surface area (Å²) < 4.78 is 12.5. The maximum absolute atomic E-state index is 12.3. The van der Waals surface area contributed by atoms with Gasteiger partial charge in [-0.3, -0.25) is 14.2 Å². The maximum atomic E-state index is 12.3. The summed E-state index contributed by atoms with van der Waals surface area (Å²) in [6, 6.07) is 16.3. The molecule has 0 bridgehead atoms. The normalized spacial score (nSPS) is 10.5. The summed E-state index contributed by atoms with van der Waals surface area (Å²) in [5, 5.41) is 0. The molecule has 1 aromatic heterocycles. The van der Waals surface area contributed by atoms with Crippen molar-refractivity contribution in [1.29, 1.82) is 0 Å². The van der Waals surface area contributed by atoms with Crippen molar-refractivity contribution in [3.63, 3.8) is 0 Å². The SMILES string of the molecule is COc1ccc(-n2c(C(N)=O)c(C)c(OCc3ccccc3)c2C(N)=O)cc1. The van der Waals surface area contributed by atoms with E-state index in [9.17, 15) is 9.59 Å². The van der Waals surface area contributed by atoms with Gasteiger partial charge in [-0.2, -0.15) is 0 Å². The van der Waals surface area contributed by atoms with E-state index in [1.807, 2.05) is 30.3 Å². The molecule has 0 saturated heterocycles. The van der Waals surface area contributed by atoms with Gasteiger partial charge in [-0.25, -0.2) is 0 Å². The Balaban J connectivity index is 2.14. The summed E-state index contributed by atoms with van der Waals surface area (Å²) in [5.41, 5.74) is 13.4. The highest BCUT2D eigenvalue weighted by atomic mass is 16.5. The van der Waals surface area contributed by atoms with Gasteiger partial charge in [-0.1, -0.05) is 30.3 Å². The highest BCUT2D eigenvalue weighted by Gasteiger charge is 2.28. The number of amides is 2. The average molecular weight is 379 g/mol. The zero-order valence-electron chi connectivity index (χ0n) is 15.6. The van der Waals surface area contributed by atoms with Crippen molar-refractivity contribution in [2.24, 2.45) is 11.5 Å². The molecule has 3 aromatic rings. The predicted molar refractivity (Wildman–Crippen MR) is 105 cm³/mol. The number of primary amides is 2. The van der Waals surface area contributed by atoms with Gasteiger partial charge in [0.25, 0.3) is 11.8 Å². The van der Waals surface area contributed by atoms with Crippen molar-refractivity contribution < 1.29 is 19.1 Å². The number of rotatable bonds is 7. The van der Waals surface area contributed by atoms with E-state index in [2.05, 4.69) is 0 Å². The Bertz CT molecular complexity index is 1010. The molecule has 0 unspecified atom stereocenters. The van der Waals surface area contributed by atoms with Crippen LogP contribution in [0.1, 0.15) is 32.1 Å². The van der Waals surface area contributed by atoms with Crippen LogP contribution in [-0.4, -0.2) is 23.5 Å². The molecule has 0 radical (unpaired) electrons. The number of aromatic nitrogens is 1. The average Bonchev–Trinajstić information content (AvgIpc) is 3.00. The van der Waals surface area contributed by atoms with Crippen molar-refractivity contribution >= 4 is 11.8 Å². The molecule has 0 aliphatic rings. The second-order valence-corrected chi connectivity index (χ2v) is 6.19. The Morgan fingerprint density at radius 2 is 1.54 bits per heavy atom. The number of nitrogens with zero attached hydrogens (tertiary/aromatic N) is 1. The van der Waals surface area contributed by atoms with Gasteiger partial charge in [-0.05, 0) is 36.8 Å². The van der Waals surface area contributed by atoms with E-state index < -0.39 is 11.8 Å². The predicted octanol–water partition coefficient (Wildman–Crippen LogP) is 2.57. The zero-order chi connectivity index (χ0) is 20.3. The van der Waals surface area contributed by atoms with Gasteiger partial charge in [0.1, 0.15) is 18.1 Å². The molecule has 7 nitrogen and oxygen atoms in total. The summed E-state index contributed by atoms with van der Waals surface area (Å²) in [6.45, 7) is 1.89. The first-order valence-electron chi connectivity index (χ1n) is 8.60. The fourth-order valence-electron chi connectivity index (χ4n) is 3.08. The molecular formula is C21H21N3O4. The second kappa shape index (κ2) is 7.87. The molecule has 0 fully saturated rings. The molecule has 3 rings (SSSR count). The smallest absolute Gasteiger partial charge is 0.269 e. The topological polar surface area (TPSA) is 110 Å². The van der Waals surface area contributed by atoms with Gasteiger partial charge in [0, 0.05) is 11.3 Å². The number of hydrogen-bond acceptors (Lipinski definition) is 4. The molecule has 0 atom stereocenters. The fourth-order valence-corrected chi connectivity index (χ4v) is 3.08. The Labute approximate surface area is 162 Å². The third kappa shape index (κ3) is 3.55. The van der Waals surface area contributed by atoms with Gasteiger partial charge in [0.15, 0.2) is 11.4 Å². The summed E-state index contributed by atoms with van der Waals surface area (Å²) in [5.74, 6) is -0.546. The summed E-state index contributed by atoms with van der Waals surface area (Å²) in [4.78, 5) is 24.5. The quantitative estimate of drug-likeness (QED) is 0.657. The Morgan fingerprint density at radius 1 is 0.929 bits per heavy atom. The van der Waals surface area contributed by atoms with E-state index in [1.165, 1.54) is 4.57 Å². The Kier molecular flexibility index (Phi) is 5.35. The number of hydrogen-bond donors (Lipinski definition) is 2. The van der Waals surface area contributed by atoms with E-state index in [-0.39, 0.29) is 23.7 Å².